The van der Waals surface area contributed by atoms with Crippen LogP contribution in [0.25, 0.3) is 11.1 Å². The monoisotopic (exact) mass is 215 g/mol. The van der Waals surface area contributed by atoms with E-state index in [1.54, 1.807) is 7.11 Å². The number of methoxy groups -OCH3 is 1. The largest absolute Gasteiger partial charge is 0.497 e. The van der Waals surface area contributed by atoms with Gasteiger partial charge in [0.05, 0.1) is 7.11 Å². The van der Waals surface area contributed by atoms with Crippen LogP contribution in [-0.2, 0) is 0 Å². The summed E-state index contributed by atoms with van der Waals surface area (Å²) in [6.45, 7) is 6.35. The second-order valence-corrected chi connectivity index (χ2v) is 4.15. The molecule has 1 aromatic carbocycles. The van der Waals surface area contributed by atoms with Crippen LogP contribution in [0.2, 0.25) is 0 Å². The maximum atomic E-state index is 5.28. The minimum atomic E-state index is 0.903. The molecule has 0 radical (unpaired) electrons. The molecule has 2 aromatic rings. The first-order valence-electron chi connectivity index (χ1n) is 5.43. The van der Waals surface area contributed by atoms with Gasteiger partial charge in [-0.3, -0.25) is 0 Å². The van der Waals surface area contributed by atoms with E-state index in [2.05, 4.69) is 37.9 Å². The van der Waals surface area contributed by atoms with Crippen LogP contribution in [-0.4, -0.2) is 12.1 Å². The van der Waals surface area contributed by atoms with Gasteiger partial charge in [0.1, 0.15) is 5.75 Å². The van der Waals surface area contributed by atoms with Crippen LogP contribution < -0.4 is 4.74 Å². The lowest BCUT2D eigenvalue weighted by Gasteiger charge is -2.09. The summed E-state index contributed by atoms with van der Waals surface area (Å²) in [5.74, 6) is 0.903. The van der Waals surface area contributed by atoms with Gasteiger partial charge in [0, 0.05) is 17.5 Å². The molecule has 0 fully saturated rings. The van der Waals surface area contributed by atoms with E-state index in [4.69, 9.17) is 4.74 Å². The second kappa shape index (κ2) is 4.05. The van der Waals surface area contributed by atoms with Gasteiger partial charge < -0.3 is 9.72 Å². The van der Waals surface area contributed by atoms with Gasteiger partial charge in [-0.1, -0.05) is 6.07 Å². The number of aryl methyl sites for hydroxylation is 3. The van der Waals surface area contributed by atoms with Crippen LogP contribution in [0.5, 0.6) is 5.75 Å². The van der Waals surface area contributed by atoms with Crippen molar-refractivity contribution in [3.63, 3.8) is 0 Å². The highest BCUT2D eigenvalue weighted by Crippen LogP contribution is 2.32. The molecular formula is C14H17NO. The van der Waals surface area contributed by atoms with Crippen LogP contribution in [0, 0.1) is 20.8 Å². The van der Waals surface area contributed by atoms with E-state index >= 15 is 0 Å². The van der Waals surface area contributed by atoms with E-state index in [0.29, 0.717) is 0 Å². The lowest BCUT2D eigenvalue weighted by Crippen LogP contribution is -1.89. The molecule has 0 aliphatic heterocycles. The van der Waals surface area contributed by atoms with Gasteiger partial charge in [0.25, 0.3) is 0 Å². The smallest absolute Gasteiger partial charge is 0.119 e. The summed E-state index contributed by atoms with van der Waals surface area (Å²) in [4.78, 5) is 3.26. The topological polar surface area (TPSA) is 25.0 Å². The Kier molecular flexibility index (Phi) is 2.73. The van der Waals surface area contributed by atoms with Crippen LogP contribution in [0.4, 0.5) is 0 Å². The molecule has 16 heavy (non-hydrogen) atoms. The number of hydrogen-bond donors (Lipinski definition) is 1. The lowest BCUT2D eigenvalue weighted by atomic mass is 9.98. The Hall–Kier alpha value is -1.70. The molecule has 0 saturated carbocycles. The van der Waals surface area contributed by atoms with Gasteiger partial charge in [0.15, 0.2) is 0 Å². The van der Waals surface area contributed by atoms with Crippen molar-refractivity contribution in [2.24, 2.45) is 0 Å². The zero-order valence-corrected chi connectivity index (χ0v) is 10.2. The molecule has 2 heteroatoms. The minimum Gasteiger partial charge on any atom is -0.497 e. The number of benzene rings is 1. The predicted molar refractivity (Wildman–Crippen MR) is 67.0 cm³/mol. The van der Waals surface area contributed by atoms with Gasteiger partial charge in [-0.15, -0.1) is 0 Å². The molecule has 0 aliphatic rings. The molecule has 84 valence electrons. The first-order valence-corrected chi connectivity index (χ1v) is 5.43. The molecule has 1 N–H and O–H groups in total. The fourth-order valence-electron chi connectivity index (χ4n) is 2.07. The molecular weight excluding hydrogens is 198 g/mol. The standard InChI is InChI=1S/C14H17NO/c1-9-5-6-12(16-4)7-13(9)14-10(2)8-15-11(14)3/h5-8,15H,1-4H3. The summed E-state index contributed by atoms with van der Waals surface area (Å²) in [5.41, 5.74) is 6.28. The quantitative estimate of drug-likeness (QED) is 0.813. The average molecular weight is 215 g/mol. The molecule has 1 aromatic heterocycles. The number of aromatic nitrogens is 1. The molecule has 0 saturated heterocycles. The van der Waals surface area contributed by atoms with Crippen molar-refractivity contribution in [2.75, 3.05) is 7.11 Å². The highest BCUT2D eigenvalue weighted by Gasteiger charge is 2.10. The summed E-state index contributed by atoms with van der Waals surface area (Å²) in [6, 6.07) is 6.19. The molecule has 1 heterocycles. The van der Waals surface area contributed by atoms with Crippen molar-refractivity contribution < 1.29 is 4.74 Å². The Labute approximate surface area is 96.3 Å². The van der Waals surface area contributed by atoms with Crippen LogP contribution in [0.15, 0.2) is 24.4 Å². The van der Waals surface area contributed by atoms with Gasteiger partial charge in [0.2, 0.25) is 0 Å². The Balaban J connectivity index is 2.63. The highest BCUT2D eigenvalue weighted by atomic mass is 16.5. The second-order valence-electron chi connectivity index (χ2n) is 4.15. The SMILES string of the molecule is COc1ccc(C)c(-c2c(C)c[nH]c2C)c1. The van der Waals surface area contributed by atoms with Crippen molar-refractivity contribution in [1.29, 1.82) is 0 Å². The zero-order chi connectivity index (χ0) is 11.7. The summed E-state index contributed by atoms with van der Waals surface area (Å²) < 4.78 is 5.28. The number of ether oxygens (including phenoxy) is 1. The molecule has 0 aliphatic carbocycles. The molecule has 0 bridgehead atoms. The lowest BCUT2D eigenvalue weighted by molar-refractivity contribution is 0.415. The number of aromatic amines is 1. The van der Waals surface area contributed by atoms with Gasteiger partial charge >= 0.3 is 0 Å². The number of nitrogens with one attached hydrogen (secondary N) is 1. The number of H-pyrrole nitrogens is 1. The Morgan fingerprint density at radius 1 is 1.06 bits per heavy atom. The minimum absolute atomic E-state index is 0.903. The molecule has 2 rings (SSSR count). The van der Waals surface area contributed by atoms with Crippen LogP contribution >= 0.6 is 0 Å². The zero-order valence-electron chi connectivity index (χ0n) is 10.2. The van der Waals surface area contributed by atoms with E-state index in [9.17, 15) is 0 Å². The molecule has 0 spiro atoms. The summed E-state index contributed by atoms with van der Waals surface area (Å²) in [5, 5.41) is 0. The normalized spacial score (nSPS) is 10.5. The first kappa shape index (κ1) is 10.8. The summed E-state index contributed by atoms with van der Waals surface area (Å²) >= 11 is 0. The van der Waals surface area contributed by atoms with Crippen molar-refractivity contribution in [1.82, 2.24) is 4.98 Å². The third kappa shape index (κ3) is 1.71. The van der Waals surface area contributed by atoms with Crippen LogP contribution in [0.3, 0.4) is 0 Å². The maximum Gasteiger partial charge on any atom is 0.119 e. The van der Waals surface area contributed by atoms with Crippen molar-refractivity contribution >= 4 is 0 Å². The van der Waals surface area contributed by atoms with E-state index in [1.807, 2.05) is 12.3 Å². The first-order chi connectivity index (χ1) is 7.63. The van der Waals surface area contributed by atoms with Crippen molar-refractivity contribution in [3.8, 4) is 16.9 Å². The summed E-state index contributed by atoms with van der Waals surface area (Å²) in [6.07, 6.45) is 2.05. The Morgan fingerprint density at radius 3 is 2.38 bits per heavy atom. The van der Waals surface area contributed by atoms with E-state index in [0.717, 1.165) is 5.75 Å². The Morgan fingerprint density at radius 2 is 1.81 bits per heavy atom. The van der Waals surface area contributed by atoms with E-state index < -0.39 is 0 Å². The molecule has 0 amide bonds. The maximum absolute atomic E-state index is 5.28. The Bertz CT molecular complexity index is 492. The van der Waals surface area contributed by atoms with E-state index in [1.165, 1.54) is 27.9 Å². The summed E-state index contributed by atoms with van der Waals surface area (Å²) in [7, 11) is 1.70. The predicted octanol–water partition coefficient (Wildman–Crippen LogP) is 3.62. The third-order valence-corrected chi connectivity index (χ3v) is 2.99. The number of hydrogen-bond acceptors (Lipinski definition) is 1. The van der Waals surface area contributed by atoms with Gasteiger partial charge in [-0.05, 0) is 49.6 Å². The van der Waals surface area contributed by atoms with Crippen LogP contribution in [0.1, 0.15) is 16.8 Å². The molecule has 2 nitrogen and oxygen atoms in total. The number of rotatable bonds is 2. The molecule has 0 atom stereocenters. The highest BCUT2D eigenvalue weighted by molar-refractivity contribution is 5.73. The fraction of sp³-hybridized carbons (Fsp3) is 0.286. The van der Waals surface area contributed by atoms with Crippen molar-refractivity contribution in [3.05, 3.63) is 41.2 Å². The molecule has 0 unspecified atom stereocenters. The van der Waals surface area contributed by atoms with E-state index in [-0.39, 0.29) is 0 Å². The van der Waals surface area contributed by atoms with Gasteiger partial charge in [-0.2, -0.15) is 0 Å². The van der Waals surface area contributed by atoms with Crippen molar-refractivity contribution in [2.45, 2.75) is 20.8 Å². The average Bonchev–Trinajstić information content (AvgIpc) is 2.60. The fourth-order valence-corrected chi connectivity index (χ4v) is 2.07. The third-order valence-electron chi connectivity index (χ3n) is 2.99. The van der Waals surface area contributed by atoms with Gasteiger partial charge in [-0.25, -0.2) is 0 Å².